The second kappa shape index (κ2) is 8.94. The summed E-state index contributed by atoms with van der Waals surface area (Å²) in [4.78, 5) is 17.3. The average molecular weight is 472 g/mol. The zero-order valence-electron chi connectivity index (χ0n) is 17.3. The van der Waals surface area contributed by atoms with E-state index in [4.69, 9.17) is 9.52 Å². The van der Waals surface area contributed by atoms with Crippen LogP contribution in [0.25, 0.3) is 10.8 Å². The van der Waals surface area contributed by atoms with Crippen molar-refractivity contribution >= 4 is 20.5 Å². The van der Waals surface area contributed by atoms with Crippen LogP contribution in [0.15, 0.2) is 81.6 Å². The molecule has 11 heteroatoms. The number of hydrogen-bond donors (Lipinski definition) is 1. The summed E-state index contributed by atoms with van der Waals surface area (Å²) >= 11 is 0. The van der Waals surface area contributed by atoms with E-state index in [1.807, 2.05) is 0 Å². The molecule has 0 saturated heterocycles. The van der Waals surface area contributed by atoms with E-state index >= 15 is 0 Å². The number of nitrogens with one attached hydrogen (secondary N) is 1. The highest BCUT2D eigenvalue weighted by molar-refractivity contribution is 7.92. The van der Waals surface area contributed by atoms with Gasteiger partial charge in [0.15, 0.2) is 0 Å². The summed E-state index contributed by atoms with van der Waals surface area (Å²) in [5.41, 5.74) is 0.412. The van der Waals surface area contributed by atoms with E-state index in [1.165, 1.54) is 60.5 Å². The Bertz CT molecular complexity index is 1460. The van der Waals surface area contributed by atoms with Gasteiger partial charge in [-0.1, -0.05) is 6.07 Å². The van der Waals surface area contributed by atoms with Crippen molar-refractivity contribution in [1.82, 2.24) is 14.8 Å². The van der Waals surface area contributed by atoms with Gasteiger partial charge in [0, 0.05) is 17.6 Å². The topological polar surface area (TPSA) is 107 Å². The number of aromatic nitrogens is 3. The van der Waals surface area contributed by atoms with E-state index in [0.717, 1.165) is 5.56 Å². The first-order chi connectivity index (χ1) is 15.8. The monoisotopic (exact) mass is 472 g/mol. The van der Waals surface area contributed by atoms with E-state index in [-0.39, 0.29) is 27.6 Å². The molecule has 0 radical (unpaired) electrons. The quantitative estimate of drug-likeness (QED) is 0.437. The third kappa shape index (κ3) is 4.67. The molecule has 4 rings (SSSR count). The lowest BCUT2D eigenvalue weighted by Crippen LogP contribution is -2.23. The lowest BCUT2D eigenvalue weighted by molar-refractivity contribution is -0.0498. The van der Waals surface area contributed by atoms with Crippen molar-refractivity contribution in [2.24, 2.45) is 0 Å². The highest BCUT2D eigenvalue weighted by atomic mass is 32.2. The lowest BCUT2D eigenvalue weighted by atomic mass is 10.2. The molecule has 33 heavy (non-hydrogen) atoms. The van der Waals surface area contributed by atoms with Gasteiger partial charge in [-0.15, -0.1) is 0 Å². The van der Waals surface area contributed by atoms with Crippen LogP contribution in [0.1, 0.15) is 5.56 Å². The second-order valence-electron chi connectivity index (χ2n) is 6.97. The van der Waals surface area contributed by atoms with Crippen molar-refractivity contribution < 1.29 is 22.5 Å². The summed E-state index contributed by atoms with van der Waals surface area (Å²) < 4.78 is 56.8. The van der Waals surface area contributed by atoms with E-state index in [2.05, 4.69) is 14.8 Å². The van der Waals surface area contributed by atoms with Gasteiger partial charge in [-0.2, -0.15) is 13.9 Å². The number of methoxy groups -OCH3 is 1. The maximum Gasteiger partial charge on any atom is 0.387 e. The SMILES string of the molecule is COc1ccc(Cn2ncc3cc(S(=N)(=O)c4ccc(OC(F)F)cc4)ccc3c2=O)cn1. The number of nitrogens with zero attached hydrogens (tertiary/aromatic N) is 3. The Hall–Kier alpha value is -3.86. The Labute approximate surface area is 187 Å². The fourth-order valence-electron chi connectivity index (χ4n) is 3.20. The first-order valence-electron chi connectivity index (χ1n) is 9.60. The van der Waals surface area contributed by atoms with Gasteiger partial charge in [-0.05, 0) is 48.0 Å². The van der Waals surface area contributed by atoms with Crippen molar-refractivity contribution in [3.8, 4) is 11.6 Å². The number of rotatable bonds is 7. The number of hydrogen-bond acceptors (Lipinski definition) is 7. The molecule has 0 aliphatic rings. The molecule has 2 aromatic carbocycles. The van der Waals surface area contributed by atoms with Gasteiger partial charge < -0.3 is 9.47 Å². The van der Waals surface area contributed by atoms with Crippen LogP contribution < -0.4 is 15.0 Å². The van der Waals surface area contributed by atoms with Gasteiger partial charge in [-0.25, -0.2) is 18.7 Å². The van der Waals surface area contributed by atoms with Crippen LogP contribution in [0, 0.1) is 4.78 Å². The largest absolute Gasteiger partial charge is 0.481 e. The molecule has 1 unspecified atom stereocenters. The molecule has 0 fully saturated rings. The molecule has 0 bridgehead atoms. The Morgan fingerprint density at radius 2 is 1.79 bits per heavy atom. The average Bonchev–Trinajstić information content (AvgIpc) is 2.81. The van der Waals surface area contributed by atoms with Gasteiger partial charge >= 0.3 is 6.61 Å². The van der Waals surface area contributed by atoms with Gasteiger partial charge in [0.05, 0.1) is 35.0 Å². The molecule has 0 saturated carbocycles. The van der Waals surface area contributed by atoms with Crippen molar-refractivity contribution in [2.45, 2.75) is 22.9 Å². The van der Waals surface area contributed by atoms with Crippen molar-refractivity contribution in [3.05, 3.63) is 82.9 Å². The Morgan fingerprint density at radius 1 is 1.06 bits per heavy atom. The molecule has 170 valence electrons. The molecular weight excluding hydrogens is 454 g/mol. The zero-order chi connectivity index (χ0) is 23.6. The van der Waals surface area contributed by atoms with Crippen LogP contribution in [0.3, 0.4) is 0 Å². The van der Waals surface area contributed by atoms with E-state index in [1.54, 1.807) is 18.3 Å². The van der Waals surface area contributed by atoms with Crippen LogP contribution in [-0.2, 0) is 16.3 Å². The summed E-state index contributed by atoms with van der Waals surface area (Å²) in [5.74, 6) is 0.361. The molecule has 0 aliphatic carbocycles. The molecule has 2 aromatic heterocycles. The molecule has 4 aromatic rings. The van der Waals surface area contributed by atoms with Crippen molar-refractivity contribution in [3.63, 3.8) is 0 Å². The zero-order valence-corrected chi connectivity index (χ0v) is 18.1. The smallest absolute Gasteiger partial charge is 0.387 e. The van der Waals surface area contributed by atoms with Crippen LogP contribution in [-0.4, -0.2) is 32.7 Å². The molecule has 1 atom stereocenters. The standard InChI is InChI=1S/C22H18F2N4O4S/c1-31-20-9-2-14(11-26-20)13-28-21(29)19-8-7-18(10-15(19)12-27-28)33(25,30)17-5-3-16(4-6-17)32-22(23)24/h2-12,22,25H,13H2,1H3. The van der Waals surface area contributed by atoms with E-state index < -0.39 is 16.3 Å². The number of ether oxygens (including phenoxy) is 2. The summed E-state index contributed by atoms with van der Waals surface area (Å²) in [6, 6.07) is 12.9. The number of halogens is 2. The number of benzene rings is 2. The first kappa shape index (κ1) is 22.3. The number of alkyl halides is 2. The fourth-order valence-corrected chi connectivity index (χ4v) is 4.55. The van der Waals surface area contributed by atoms with Crippen molar-refractivity contribution in [2.75, 3.05) is 7.11 Å². The molecular formula is C22H18F2N4O4S. The van der Waals surface area contributed by atoms with Crippen LogP contribution in [0.4, 0.5) is 8.78 Å². The van der Waals surface area contributed by atoms with Gasteiger partial charge in [0.2, 0.25) is 5.88 Å². The lowest BCUT2D eigenvalue weighted by Gasteiger charge is -2.11. The third-order valence-corrected chi connectivity index (χ3v) is 6.73. The highest BCUT2D eigenvalue weighted by Crippen LogP contribution is 2.26. The summed E-state index contributed by atoms with van der Waals surface area (Å²) in [6.07, 6.45) is 3.05. The van der Waals surface area contributed by atoms with Crippen molar-refractivity contribution in [1.29, 1.82) is 4.78 Å². The molecule has 8 nitrogen and oxygen atoms in total. The fraction of sp³-hybridized carbons (Fsp3) is 0.136. The third-order valence-electron chi connectivity index (χ3n) is 4.88. The predicted molar refractivity (Wildman–Crippen MR) is 116 cm³/mol. The minimum atomic E-state index is -3.45. The maximum absolute atomic E-state index is 13.2. The minimum Gasteiger partial charge on any atom is -0.481 e. The van der Waals surface area contributed by atoms with Crippen LogP contribution in [0.2, 0.25) is 0 Å². The minimum absolute atomic E-state index is 0.0979. The summed E-state index contributed by atoms with van der Waals surface area (Å²) in [6.45, 7) is -2.77. The van der Waals surface area contributed by atoms with E-state index in [0.29, 0.717) is 16.7 Å². The summed E-state index contributed by atoms with van der Waals surface area (Å²) in [7, 11) is -1.94. The first-order valence-corrected chi connectivity index (χ1v) is 11.2. The molecule has 2 heterocycles. The van der Waals surface area contributed by atoms with Crippen LogP contribution in [0.5, 0.6) is 11.6 Å². The molecule has 0 spiro atoms. The molecule has 0 amide bonds. The maximum atomic E-state index is 13.2. The Morgan fingerprint density at radius 3 is 2.42 bits per heavy atom. The summed E-state index contributed by atoms with van der Waals surface area (Å²) in [5, 5.41) is 4.97. The normalized spacial score (nSPS) is 13.1. The second-order valence-corrected chi connectivity index (χ2v) is 9.03. The van der Waals surface area contributed by atoms with E-state index in [9.17, 15) is 17.8 Å². The predicted octanol–water partition coefficient (Wildman–Crippen LogP) is 3.91. The molecule has 0 aliphatic heterocycles. The number of fused-ring (bicyclic) bond motifs is 1. The van der Waals surface area contributed by atoms with Gasteiger partial charge in [0.25, 0.3) is 5.56 Å². The number of pyridine rings is 1. The van der Waals surface area contributed by atoms with Crippen LogP contribution >= 0.6 is 0 Å². The van der Waals surface area contributed by atoms with Gasteiger partial charge in [0.1, 0.15) is 15.5 Å². The Kier molecular flexibility index (Phi) is 6.05. The molecule has 1 N–H and O–H groups in total. The highest BCUT2D eigenvalue weighted by Gasteiger charge is 2.16. The Balaban J connectivity index is 1.64. The van der Waals surface area contributed by atoms with Gasteiger partial charge in [-0.3, -0.25) is 4.79 Å².